The fourth-order valence-electron chi connectivity index (χ4n) is 3.99. The fraction of sp³-hybridized carbons (Fsp3) is 0.812. The van der Waals surface area contributed by atoms with Gasteiger partial charge in [0, 0.05) is 19.3 Å². The van der Waals surface area contributed by atoms with E-state index >= 15 is 0 Å². The van der Waals surface area contributed by atoms with Gasteiger partial charge in [-0.2, -0.15) is 5.10 Å². The highest BCUT2D eigenvalue weighted by Gasteiger charge is 2.27. The van der Waals surface area contributed by atoms with Gasteiger partial charge in [-0.05, 0) is 43.2 Å². The zero-order valence-corrected chi connectivity index (χ0v) is 12.0. The van der Waals surface area contributed by atoms with Crippen LogP contribution in [0, 0.1) is 11.8 Å². The molecule has 0 bridgehead atoms. The van der Waals surface area contributed by atoms with Gasteiger partial charge in [0.15, 0.2) is 0 Å². The number of H-pyrrole nitrogens is 1. The van der Waals surface area contributed by atoms with E-state index in [0.29, 0.717) is 0 Å². The number of likely N-dealkylation sites (tertiary alicyclic amines) is 1. The van der Waals surface area contributed by atoms with Gasteiger partial charge in [-0.15, -0.1) is 0 Å². The van der Waals surface area contributed by atoms with E-state index in [2.05, 4.69) is 15.1 Å². The molecule has 2 fully saturated rings. The second-order valence-corrected chi connectivity index (χ2v) is 6.46. The summed E-state index contributed by atoms with van der Waals surface area (Å²) in [4.78, 5) is 2.69. The van der Waals surface area contributed by atoms with Crippen LogP contribution in [0.25, 0.3) is 0 Å². The quantitative estimate of drug-likeness (QED) is 0.902. The molecule has 1 aliphatic carbocycles. The van der Waals surface area contributed by atoms with Crippen molar-refractivity contribution in [3.8, 4) is 0 Å². The minimum atomic E-state index is 0.985. The molecule has 1 unspecified atom stereocenters. The number of nitrogens with zero attached hydrogens (tertiary/aromatic N) is 2. The minimum absolute atomic E-state index is 0.985. The summed E-state index contributed by atoms with van der Waals surface area (Å²) in [5.74, 6) is 2.02. The van der Waals surface area contributed by atoms with Crippen molar-refractivity contribution in [3.63, 3.8) is 0 Å². The van der Waals surface area contributed by atoms with E-state index in [1.54, 1.807) is 0 Å². The summed E-state index contributed by atoms with van der Waals surface area (Å²) in [5, 5.41) is 6.94. The maximum absolute atomic E-state index is 4.03. The third-order valence-electron chi connectivity index (χ3n) is 5.13. The van der Waals surface area contributed by atoms with Gasteiger partial charge in [0.1, 0.15) is 0 Å². The predicted molar refractivity (Wildman–Crippen MR) is 78.0 cm³/mol. The van der Waals surface area contributed by atoms with E-state index in [9.17, 15) is 0 Å². The largest absolute Gasteiger partial charge is 0.303 e. The van der Waals surface area contributed by atoms with Crippen LogP contribution in [0.5, 0.6) is 0 Å². The molecule has 2 aliphatic rings. The topological polar surface area (TPSA) is 31.9 Å². The van der Waals surface area contributed by atoms with Crippen LogP contribution >= 0.6 is 0 Å². The number of hydrogen-bond acceptors (Lipinski definition) is 2. The lowest BCUT2D eigenvalue weighted by molar-refractivity contribution is 0.116. The van der Waals surface area contributed by atoms with Gasteiger partial charge in [0.2, 0.25) is 0 Å². The molecule has 1 atom stereocenters. The van der Waals surface area contributed by atoms with Gasteiger partial charge >= 0.3 is 0 Å². The van der Waals surface area contributed by atoms with Crippen molar-refractivity contribution in [2.45, 2.75) is 51.4 Å². The average Bonchev–Trinajstić information content (AvgIpc) is 3.00. The fourth-order valence-corrected chi connectivity index (χ4v) is 3.99. The van der Waals surface area contributed by atoms with E-state index in [0.717, 1.165) is 18.3 Å². The predicted octanol–water partition coefficient (Wildman–Crippen LogP) is 3.24. The molecular formula is C16H27N3. The Morgan fingerprint density at radius 1 is 1.11 bits per heavy atom. The van der Waals surface area contributed by atoms with E-state index in [-0.39, 0.29) is 0 Å². The molecule has 3 heteroatoms. The Bertz CT molecular complexity index is 354. The molecule has 2 heterocycles. The zero-order chi connectivity index (χ0) is 12.9. The number of rotatable bonds is 4. The minimum Gasteiger partial charge on any atom is -0.303 e. The first kappa shape index (κ1) is 13.2. The summed E-state index contributed by atoms with van der Waals surface area (Å²) >= 11 is 0. The Kier molecular flexibility index (Phi) is 4.54. The molecular weight excluding hydrogens is 234 g/mol. The third kappa shape index (κ3) is 3.59. The van der Waals surface area contributed by atoms with Crippen LogP contribution in [0.2, 0.25) is 0 Å². The maximum Gasteiger partial charge on any atom is 0.0519 e. The second kappa shape index (κ2) is 6.56. The van der Waals surface area contributed by atoms with E-state index in [1.807, 2.05) is 12.4 Å². The number of aromatic nitrogens is 2. The van der Waals surface area contributed by atoms with Crippen LogP contribution < -0.4 is 0 Å². The molecule has 106 valence electrons. The van der Waals surface area contributed by atoms with Crippen molar-refractivity contribution >= 4 is 0 Å². The zero-order valence-electron chi connectivity index (χ0n) is 12.0. The molecule has 3 nitrogen and oxygen atoms in total. The normalized spacial score (nSPS) is 26.6. The first-order valence-electron chi connectivity index (χ1n) is 8.12. The first-order chi connectivity index (χ1) is 9.42. The molecule has 1 N–H and O–H groups in total. The Morgan fingerprint density at radius 3 is 2.74 bits per heavy atom. The second-order valence-electron chi connectivity index (χ2n) is 6.46. The summed E-state index contributed by atoms with van der Waals surface area (Å²) in [6.07, 6.45) is 15.5. The van der Waals surface area contributed by atoms with Gasteiger partial charge in [-0.25, -0.2) is 0 Å². The molecule has 1 aromatic rings. The number of nitrogens with one attached hydrogen (secondary N) is 1. The lowest BCUT2D eigenvalue weighted by atomic mass is 9.76. The van der Waals surface area contributed by atoms with Crippen molar-refractivity contribution in [1.29, 1.82) is 0 Å². The highest BCUT2D eigenvalue weighted by atomic mass is 15.1. The molecule has 19 heavy (non-hydrogen) atoms. The van der Waals surface area contributed by atoms with Crippen LogP contribution in [0.1, 0.15) is 50.5 Å². The van der Waals surface area contributed by atoms with E-state index in [4.69, 9.17) is 0 Å². The Balaban J connectivity index is 1.47. The smallest absolute Gasteiger partial charge is 0.0519 e. The van der Waals surface area contributed by atoms with Crippen molar-refractivity contribution in [1.82, 2.24) is 15.1 Å². The van der Waals surface area contributed by atoms with E-state index in [1.165, 1.54) is 70.1 Å². The van der Waals surface area contributed by atoms with Gasteiger partial charge in [-0.3, -0.25) is 5.10 Å². The van der Waals surface area contributed by atoms with Crippen LogP contribution in [0.15, 0.2) is 12.4 Å². The molecule has 1 aliphatic heterocycles. The number of piperidine rings is 1. The highest BCUT2D eigenvalue weighted by Crippen LogP contribution is 2.34. The summed E-state index contributed by atoms with van der Waals surface area (Å²) in [7, 11) is 0. The van der Waals surface area contributed by atoms with Crippen LogP contribution in [-0.4, -0.2) is 34.7 Å². The van der Waals surface area contributed by atoms with Crippen LogP contribution in [-0.2, 0) is 6.42 Å². The lowest BCUT2D eigenvalue weighted by Crippen LogP contribution is -2.39. The molecule has 0 radical (unpaired) electrons. The third-order valence-corrected chi connectivity index (χ3v) is 5.13. The average molecular weight is 261 g/mol. The highest BCUT2D eigenvalue weighted by molar-refractivity contribution is 5.02. The molecule has 1 aromatic heterocycles. The Hall–Kier alpha value is -0.830. The molecule has 0 aromatic carbocycles. The Labute approximate surface area is 116 Å². The number of hydrogen-bond donors (Lipinski definition) is 1. The monoisotopic (exact) mass is 261 g/mol. The first-order valence-corrected chi connectivity index (χ1v) is 8.12. The van der Waals surface area contributed by atoms with Crippen molar-refractivity contribution in [2.75, 3.05) is 19.6 Å². The van der Waals surface area contributed by atoms with Crippen molar-refractivity contribution in [3.05, 3.63) is 18.0 Å². The summed E-state index contributed by atoms with van der Waals surface area (Å²) in [6, 6.07) is 0. The standard InChI is InChI=1S/C16H27N3/c1-2-5-15(6-3-1)16-7-4-9-19(13-16)10-8-14-11-17-18-12-14/h11-12,15-16H,1-10,13H2,(H,17,18). The van der Waals surface area contributed by atoms with Gasteiger partial charge in [0.05, 0.1) is 6.20 Å². The van der Waals surface area contributed by atoms with Crippen molar-refractivity contribution < 1.29 is 0 Å². The van der Waals surface area contributed by atoms with Crippen LogP contribution in [0.3, 0.4) is 0 Å². The lowest BCUT2D eigenvalue weighted by Gasteiger charge is -2.38. The summed E-state index contributed by atoms with van der Waals surface area (Å²) in [5.41, 5.74) is 1.35. The van der Waals surface area contributed by atoms with Gasteiger partial charge < -0.3 is 4.90 Å². The Morgan fingerprint density at radius 2 is 1.95 bits per heavy atom. The molecule has 1 saturated carbocycles. The summed E-state index contributed by atoms with van der Waals surface area (Å²) < 4.78 is 0. The van der Waals surface area contributed by atoms with Crippen LogP contribution in [0.4, 0.5) is 0 Å². The molecule has 3 rings (SSSR count). The molecule has 0 spiro atoms. The maximum atomic E-state index is 4.03. The SMILES string of the molecule is c1n[nH]cc1CCN1CCCC(C2CCCCC2)C1. The summed E-state index contributed by atoms with van der Waals surface area (Å²) in [6.45, 7) is 3.87. The molecule has 0 amide bonds. The van der Waals surface area contributed by atoms with Crippen molar-refractivity contribution in [2.24, 2.45) is 11.8 Å². The number of aromatic amines is 1. The van der Waals surface area contributed by atoms with E-state index < -0.39 is 0 Å². The van der Waals surface area contributed by atoms with Gasteiger partial charge in [-0.1, -0.05) is 32.1 Å². The van der Waals surface area contributed by atoms with Gasteiger partial charge in [0.25, 0.3) is 0 Å². The molecule has 1 saturated heterocycles.